The van der Waals surface area contributed by atoms with Crippen molar-refractivity contribution in [3.05, 3.63) is 24.8 Å². The molecule has 0 aliphatic rings. The Labute approximate surface area is 104 Å². The van der Waals surface area contributed by atoms with E-state index < -0.39 is 0 Å². The molecule has 0 aliphatic carbocycles. The van der Waals surface area contributed by atoms with Crippen LogP contribution in [0.3, 0.4) is 0 Å². The molecule has 94 valence electrons. The molecular formula is C11H14N6O. The third-order valence-electron chi connectivity index (χ3n) is 2.39. The summed E-state index contributed by atoms with van der Waals surface area (Å²) in [5.41, 5.74) is 7.09. The molecule has 2 aromatic heterocycles. The molecule has 7 heteroatoms. The fraction of sp³-hybridized carbons (Fsp3) is 0.273. The molecule has 0 saturated carbocycles. The smallest absolute Gasteiger partial charge is 0.251 e. The molecule has 0 atom stereocenters. The summed E-state index contributed by atoms with van der Waals surface area (Å²) in [6, 6.07) is 0. The van der Waals surface area contributed by atoms with E-state index in [-0.39, 0.29) is 5.91 Å². The minimum Gasteiger partial charge on any atom is -0.329 e. The van der Waals surface area contributed by atoms with Crippen LogP contribution in [0, 0.1) is 0 Å². The molecule has 0 unspecified atom stereocenters. The lowest BCUT2D eigenvalue weighted by Gasteiger charge is -2.04. The van der Waals surface area contributed by atoms with Crippen LogP contribution < -0.4 is 11.1 Å². The maximum absolute atomic E-state index is 11.6. The van der Waals surface area contributed by atoms with Gasteiger partial charge in [0.2, 0.25) is 0 Å². The largest absolute Gasteiger partial charge is 0.329 e. The van der Waals surface area contributed by atoms with Crippen molar-refractivity contribution in [1.29, 1.82) is 0 Å². The summed E-state index contributed by atoms with van der Waals surface area (Å²) in [5, 5.41) is 2.64. The summed E-state index contributed by atoms with van der Waals surface area (Å²) in [6.07, 6.45) is 3.01. The van der Waals surface area contributed by atoms with Crippen molar-refractivity contribution in [3.63, 3.8) is 0 Å². The summed E-state index contributed by atoms with van der Waals surface area (Å²) in [4.78, 5) is 23.9. The molecular weight excluding hydrogens is 232 g/mol. The van der Waals surface area contributed by atoms with Gasteiger partial charge in [-0.15, -0.1) is 0 Å². The Morgan fingerprint density at radius 1 is 1.50 bits per heavy atom. The van der Waals surface area contributed by atoms with Gasteiger partial charge in [-0.05, 0) is 6.92 Å². The van der Waals surface area contributed by atoms with Crippen LogP contribution in [0.15, 0.2) is 24.8 Å². The van der Waals surface area contributed by atoms with Gasteiger partial charge < -0.3 is 15.6 Å². The first-order valence-corrected chi connectivity index (χ1v) is 5.46. The third-order valence-corrected chi connectivity index (χ3v) is 2.39. The van der Waals surface area contributed by atoms with Gasteiger partial charge in [0.25, 0.3) is 5.91 Å². The molecule has 0 radical (unpaired) electrons. The highest BCUT2D eigenvalue weighted by atomic mass is 16.1. The number of nitrogens with one attached hydrogen (secondary N) is 1. The lowest BCUT2D eigenvalue weighted by molar-refractivity contribution is -0.112. The van der Waals surface area contributed by atoms with Gasteiger partial charge in [-0.2, -0.15) is 0 Å². The number of carbonyl (C=O) groups is 1. The van der Waals surface area contributed by atoms with Crippen LogP contribution in [0.2, 0.25) is 0 Å². The van der Waals surface area contributed by atoms with Crippen molar-refractivity contribution >= 4 is 22.9 Å². The van der Waals surface area contributed by atoms with E-state index in [2.05, 4.69) is 26.8 Å². The Balaban J connectivity index is 2.40. The highest BCUT2D eigenvalue weighted by Crippen LogP contribution is 2.17. The highest BCUT2D eigenvalue weighted by molar-refractivity contribution is 6.05. The maximum Gasteiger partial charge on any atom is 0.251 e. The Morgan fingerprint density at radius 2 is 2.28 bits per heavy atom. The first-order chi connectivity index (χ1) is 8.63. The van der Waals surface area contributed by atoms with E-state index in [1.165, 1.54) is 6.33 Å². The second-order valence-corrected chi connectivity index (χ2v) is 3.86. The third kappa shape index (κ3) is 2.21. The van der Waals surface area contributed by atoms with Gasteiger partial charge >= 0.3 is 0 Å². The minimum absolute atomic E-state index is 0.289. The van der Waals surface area contributed by atoms with Crippen LogP contribution >= 0.6 is 0 Å². The molecule has 0 saturated heterocycles. The molecule has 0 aromatic carbocycles. The number of aromatic nitrogens is 4. The Morgan fingerprint density at radius 3 is 2.94 bits per heavy atom. The van der Waals surface area contributed by atoms with Gasteiger partial charge in [-0.25, -0.2) is 15.0 Å². The Bertz CT molecular complexity index is 603. The number of imidazole rings is 1. The number of amides is 1. The van der Waals surface area contributed by atoms with Gasteiger partial charge in [-0.3, -0.25) is 4.79 Å². The topological polar surface area (TPSA) is 98.7 Å². The molecule has 2 aromatic rings. The van der Waals surface area contributed by atoms with Gasteiger partial charge in [0.1, 0.15) is 6.33 Å². The van der Waals surface area contributed by atoms with Crippen molar-refractivity contribution in [3.8, 4) is 0 Å². The van der Waals surface area contributed by atoms with Crippen LogP contribution in [0.4, 0.5) is 5.82 Å². The second kappa shape index (κ2) is 4.92. The summed E-state index contributed by atoms with van der Waals surface area (Å²) in [7, 11) is 0. The average Bonchev–Trinajstić information content (AvgIpc) is 2.74. The standard InChI is InChI=1S/C11H14N6O/c1-7(2)11(18)16-9-8-10(14-5-13-9)17(4-3-12)6-15-8/h5-6H,1,3-4,12H2,2H3,(H,13,14,16,18). The Kier molecular flexibility index (Phi) is 3.33. The normalized spacial score (nSPS) is 10.6. The lowest BCUT2D eigenvalue weighted by atomic mass is 10.3. The zero-order chi connectivity index (χ0) is 13.1. The van der Waals surface area contributed by atoms with Crippen LogP contribution in [-0.2, 0) is 11.3 Å². The molecule has 0 aliphatic heterocycles. The number of hydrogen-bond donors (Lipinski definition) is 2. The van der Waals surface area contributed by atoms with Crippen LogP contribution in [0.1, 0.15) is 6.92 Å². The quantitative estimate of drug-likeness (QED) is 0.756. The van der Waals surface area contributed by atoms with Crippen LogP contribution in [0.25, 0.3) is 11.2 Å². The highest BCUT2D eigenvalue weighted by Gasteiger charge is 2.12. The van der Waals surface area contributed by atoms with E-state index in [0.29, 0.717) is 35.6 Å². The zero-order valence-electron chi connectivity index (χ0n) is 10.1. The molecule has 18 heavy (non-hydrogen) atoms. The van der Waals surface area contributed by atoms with Crippen molar-refractivity contribution in [1.82, 2.24) is 19.5 Å². The number of carbonyl (C=O) groups excluding carboxylic acids is 1. The van der Waals surface area contributed by atoms with Gasteiger partial charge in [0, 0.05) is 18.7 Å². The molecule has 7 nitrogen and oxygen atoms in total. The maximum atomic E-state index is 11.6. The van der Waals surface area contributed by atoms with E-state index in [1.54, 1.807) is 13.3 Å². The fourth-order valence-corrected chi connectivity index (χ4v) is 1.49. The van der Waals surface area contributed by atoms with E-state index in [0.717, 1.165) is 0 Å². The molecule has 0 spiro atoms. The predicted octanol–water partition coefficient (Wildman–Crippen LogP) is 0.300. The number of nitrogens with zero attached hydrogens (tertiary/aromatic N) is 4. The van der Waals surface area contributed by atoms with E-state index in [1.807, 2.05) is 4.57 Å². The molecule has 0 bridgehead atoms. The number of rotatable bonds is 4. The van der Waals surface area contributed by atoms with E-state index in [9.17, 15) is 4.79 Å². The summed E-state index contributed by atoms with van der Waals surface area (Å²) in [5.74, 6) is 0.0900. The summed E-state index contributed by atoms with van der Waals surface area (Å²) >= 11 is 0. The average molecular weight is 246 g/mol. The van der Waals surface area contributed by atoms with Crippen molar-refractivity contribution in [2.24, 2.45) is 5.73 Å². The number of anilines is 1. The van der Waals surface area contributed by atoms with Crippen LogP contribution in [0.5, 0.6) is 0 Å². The van der Waals surface area contributed by atoms with Gasteiger partial charge in [0.05, 0.1) is 6.33 Å². The number of fused-ring (bicyclic) bond motifs is 1. The molecule has 3 N–H and O–H groups in total. The van der Waals surface area contributed by atoms with Gasteiger partial charge in [0.15, 0.2) is 17.0 Å². The zero-order valence-corrected chi connectivity index (χ0v) is 10.1. The fourth-order valence-electron chi connectivity index (χ4n) is 1.49. The molecule has 2 rings (SSSR count). The molecule has 1 amide bonds. The lowest BCUT2D eigenvalue weighted by Crippen LogP contribution is -2.14. The first kappa shape index (κ1) is 12.2. The number of nitrogens with two attached hydrogens (primary N) is 1. The summed E-state index contributed by atoms with van der Waals surface area (Å²) in [6.45, 7) is 6.30. The minimum atomic E-state index is -0.289. The van der Waals surface area contributed by atoms with Crippen molar-refractivity contribution < 1.29 is 4.79 Å². The number of hydrogen-bond acceptors (Lipinski definition) is 5. The van der Waals surface area contributed by atoms with E-state index >= 15 is 0 Å². The molecule has 2 heterocycles. The first-order valence-electron chi connectivity index (χ1n) is 5.46. The van der Waals surface area contributed by atoms with Gasteiger partial charge in [-0.1, -0.05) is 6.58 Å². The SMILES string of the molecule is C=C(C)C(=O)Nc1ncnc2c1ncn2CCN. The van der Waals surface area contributed by atoms with Crippen molar-refractivity contribution in [2.75, 3.05) is 11.9 Å². The van der Waals surface area contributed by atoms with Crippen molar-refractivity contribution in [2.45, 2.75) is 13.5 Å². The monoisotopic (exact) mass is 246 g/mol. The van der Waals surface area contributed by atoms with E-state index in [4.69, 9.17) is 5.73 Å². The molecule has 0 fully saturated rings. The summed E-state index contributed by atoms with van der Waals surface area (Å²) < 4.78 is 1.81. The predicted molar refractivity (Wildman–Crippen MR) is 67.8 cm³/mol. The second-order valence-electron chi connectivity index (χ2n) is 3.86. The Hall–Kier alpha value is -2.28. The van der Waals surface area contributed by atoms with Crippen LogP contribution in [-0.4, -0.2) is 32.0 Å².